The maximum Gasteiger partial charge on any atom is 0.176 e. The van der Waals surface area contributed by atoms with Gasteiger partial charge in [0.1, 0.15) is 0 Å². The number of rotatable bonds is 9. The van der Waals surface area contributed by atoms with E-state index in [1.165, 1.54) is 11.8 Å². The monoisotopic (exact) mass is 210 g/mol. The molecule has 5 heteroatoms. The Labute approximate surface area is 82.6 Å². The smallest absolute Gasteiger partial charge is 0.176 e. The summed E-state index contributed by atoms with van der Waals surface area (Å²) in [7, 11) is 0. The molecule has 0 radical (unpaired) electrons. The second-order valence-electron chi connectivity index (χ2n) is 1.92. The van der Waals surface area contributed by atoms with E-state index < -0.39 is 0 Å². The van der Waals surface area contributed by atoms with Gasteiger partial charge in [-0.25, -0.2) is 0 Å². The predicted molar refractivity (Wildman–Crippen MR) is 54.7 cm³/mol. The second kappa shape index (κ2) is 11.3. The number of thiol groups is 1. The number of carbonyl (C=O) groups is 1. The molecular formula is C7H14O3S2. The Hall–Kier alpha value is 0.290. The first-order chi connectivity index (χ1) is 5.91. The predicted octanol–water partition coefficient (Wildman–Crippen LogP) is 0.873. The number of carbonyl (C=O) groups excluding carboxylic acids is 1. The highest BCUT2D eigenvalue weighted by Crippen LogP contribution is 1.91. The van der Waals surface area contributed by atoms with E-state index in [1.807, 2.05) is 0 Å². The standard InChI is InChI=1S/C7H14O3S2/c8-7-12-6-4-10-2-1-9-3-5-11/h7,11H,1-6H2. The Morgan fingerprint density at radius 1 is 1.17 bits per heavy atom. The quantitative estimate of drug-likeness (QED) is 0.348. The fourth-order valence-electron chi connectivity index (χ4n) is 0.542. The molecule has 0 bridgehead atoms. The summed E-state index contributed by atoms with van der Waals surface area (Å²) in [4.78, 5) is 9.85. The molecular weight excluding hydrogens is 196 g/mol. The van der Waals surface area contributed by atoms with Gasteiger partial charge in [0.2, 0.25) is 0 Å². The van der Waals surface area contributed by atoms with Crippen LogP contribution in [-0.2, 0) is 14.3 Å². The van der Waals surface area contributed by atoms with Gasteiger partial charge in [-0.1, -0.05) is 11.8 Å². The van der Waals surface area contributed by atoms with Crippen LogP contribution >= 0.6 is 24.4 Å². The summed E-state index contributed by atoms with van der Waals surface area (Å²) in [6.07, 6.45) is 0. The minimum Gasteiger partial charge on any atom is -0.378 e. The average molecular weight is 210 g/mol. The van der Waals surface area contributed by atoms with Crippen molar-refractivity contribution in [2.75, 3.05) is 37.9 Å². The van der Waals surface area contributed by atoms with Crippen LogP contribution in [0.4, 0.5) is 0 Å². The summed E-state index contributed by atoms with van der Waals surface area (Å²) >= 11 is 5.20. The Morgan fingerprint density at radius 2 is 1.83 bits per heavy atom. The second-order valence-corrected chi connectivity index (χ2v) is 3.30. The van der Waals surface area contributed by atoms with E-state index in [9.17, 15) is 4.79 Å². The van der Waals surface area contributed by atoms with Crippen molar-refractivity contribution in [2.45, 2.75) is 0 Å². The molecule has 0 aromatic carbocycles. The van der Waals surface area contributed by atoms with Crippen molar-refractivity contribution in [1.29, 1.82) is 0 Å². The summed E-state index contributed by atoms with van der Waals surface area (Å²) < 4.78 is 10.3. The molecule has 0 aromatic rings. The van der Waals surface area contributed by atoms with Crippen LogP contribution in [0.5, 0.6) is 0 Å². The van der Waals surface area contributed by atoms with Crippen molar-refractivity contribution >= 4 is 30.0 Å². The zero-order chi connectivity index (χ0) is 9.07. The van der Waals surface area contributed by atoms with Crippen molar-refractivity contribution in [3.63, 3.8) is 0 Å². The fourth-order valence-corrected chi connectivity index (χ4v) is 0.981. The highest BCUT2D eigenvalue weighted by molar-refractivity contribution is 8.11. The van der Waals surface area contributed by atoms with Crippen molar-refractivity contribution in [1.82, 2.24) is 0 Å². The molecule has 0 aromatic heterocycles. The minimum absolute atomic E-state index is 0.590. The molecule has 0 saturated carbocycles. The summed E-state index contributed by atoms with van der Waals surface area (Å²) in [5, 5.41) is 0. The first-order valence-corrected chi connectivity index (χ1v) is 5.41. The summed E-state index contributed by atoms with van der Waals surface area (Å²) in [6.45, 7) is 2.46. The van der Waals surface area contributed by atoms with E-state index in [4.69, 9.17) is 9.47 Å². The highest BCUT2D eigenvalue weighted by atomic mass is 32.2. The van der Waals surface area contributed by atoms with Gasteiger partial charge in [-0.2, -0.15) is 12.6 Å². The van der Waals surface area contributed by atoms with Crippen LogP contribution in [0.2, 0.25) is 0 Å². The van der Waals surface area contributed by atoms with Gasteiger partial charge < -0.3 is 9.47 Å². The topological polar surface area (TPSA) is 35.5 Å². The summed E-state index contributed by atoms with van der Waals surface area (Å²) in [5.74, 6) is 1.46. The third-order valence-electron chi connectivity index (χ3n) is 1.02. The normalized spacial score (nSPS) is 10.1. The van der Waals surface area contributed by atoms with Crippen molar-refractivity contribution in [3.05, 3.63) is 0 Å². The maximum atomic E-state index is 9.85. The first kappa shape index (κ1) is 12.3. The van der Waals surface area contributed by atoms with Crippen LogP contribution in [0.3, 0.4) is 0 Å². The van der Waals surface area contributed by atoms with E-state index in [-0.39, 0.29) is 0 Å². The third-order valence-corrected chi connectivity index (χ3v) is 1.74. The first-order valence-electron chi connectivity index (χ1n) is 3.73. The van der Waals surface area contributed by atoms with E-state index in [1.54, 1.807) is 0 Å². The largest absolute Gasteiger partial charge is 0.378 e. The molecule has 0 unspecified atom stereocenters. The van der Waals surface area contributed by atoms with Crippen LogP contribution in [-0.4, -0.2) is 43.6 Å². The number of hydrogen-bond acceptors (Lipinski definition) is 5. The van der Waals surface area contributed by atoms with Crippen LogP contribution in [0.15, 0.2) is 0 Å². The van der Waals surface area contributed by atoms with Crippen LogP contribution in [0.25, 0.3) is 0 Å². The number of ether oxygens (including phenoxy) is 2. The van der Waals surface area contributed by atoms with Crippen LogP contribution in [0.1, 0.15) is 0 Å². The SMILES string of the molecule is O=CSCCOCCOCCS. The van der Waals surface area contributed by atoms with E-state index >= 15 is 0 Å². The lowest BCUT2D eigenvalue weighted by molar-refractivity contribution is 0.0606. The fraction of sp³-hybridized carbons (Fsp3) is 0.857. The Balaban J connectivity index is 2.77. The van der Waals surface area contributed by atoms with E-state index in [2.05, 4.69) is 12.6 Å². The molecule has 72 valence electrons. The molecule has 0 atom stereocenters. The number of hydrogen-bond donors (Lipinski definition) is 1. The molecule has 0 heterocycles. The molecule has 0 aliphatic rings. The Kier molecular flexibility index (Phi) is 11.6. The molecule has 0 N–H and O–H groups in total. The third kappa shape index (κ3) is 10.3. The van der Waals surface area contributed by atoms with Crippen molar-refractivity contribution in [3.8, 4) is 0 Å². The van der Waals surface area contributed by atoms with Gasteiger partial charge in [0.15, 0.2) is 5.62 Å². The van der Waals surface area contributed by atoms with E-state index in [0.717, 1.165) is 17.1 Å². The molecule has 0 aliphatic carbocycles. The lowest BCUT2D eigenvalue weighted by Crippen LogP contribution is -2.07. The molecule has 12 heavy (non-hydrogen) atoms. The summed E-state index contributed by atoms with van der Waals surface area (Å²) in [6, 6.07) is 0. The van der Waals surface area contributed by atoms with Crippen LogP contribution in [0, 0.1) is 0 Å². The minimum atomic E-state index is 0.590. The van der Waals surface area contributed by atoms with Crippen molar-refractivity contribution in [2.24, 2.45) is 0 Å². The lowest BCUT2D eigenvalue weighted by atomic mass is 10.7. The molecule has 0 amide bonds. The van der Waals surface area contributed by atoms with Crippen molar-refractivity contribution < 1.29 is 14.3 Å². The van der Waals surface area contributed by atoms with Crippen LogP contribution < -0.4 is 0 Å². The molecule has 0 rings (SSSR count). The molecule has 0 fully saturated rings. The summed E-state index contributed by atoms with van der Waals surface area (Å²) in [5.41, 5.74) is 0.820. The van der Waals surface area contributed by atoms with Gasteiger partial charge in [0.25, 0.3) is 0 Å². The molecule has 0 saturated heterocycles. The van der Waals surface area contributed by atoms with Gasteiger partial charge >= 0.3 is 0 Å². The molecule has 0 aliphatic heterocycles. The van der Waals surface area contributed by atoms with Gasteiger partial charge in [-0.3, -0.25) is 4.79 Å². The molecule has 3 nitrogen and oxygen atoms in total. The lowest BCUT2D eigenvalue weighted by Gasteiger charge is -2.02. The van der Waals surface area contributed by atoms with Gasteiger partial charge in [0.05, 0.1) is 26.4 Å². The zero-order valence-electron chi connectivity index (χ0n) is 6.90. The average Bonchev–Trinajstić information content (AvgIpc) is 2.10. The van der Waals surface area contributed by atoms with Gasteiger partial charge in [-0.15, -0.1) is 0 Å². The van der Waals surface area contributed by atoms with Gasteiger partial charge in [-0.05, 0) is 0 Å². The number of thioether (sulfide) groups is 1. The Bertz CT molecular complexity index is 101. The Morgan fingerprint density at radius 3 is 2.42 bits per heavy atom. The van der Waals surface area contributed by atoms with Gasteiger partial charge in [0, 0.05) is 11.5 Å². The van der Waals surface area contributed by atoms with E-state index in [0.29, 0.717) is 26.4 Å². The zero-order valence-corrected chi connectivity index (χ0v) is 8.61. The molecule has 0 spiro atoms. The maximum absolute atomic E-state index is 9.85. The highest BCUT2D eigenvalue weighted by Gasteiger charge is 1.89.